The molecule has 2 amide bonds. The molecule has 8 nitrogen and oxygen atoms in total. The molecule has 3 aliphatic rings. The maximum Gasteiger partial charge on any atom is 0.272 e. The summed E-state index contributed by atoms with van der Waals surface area (Å²) in [6.07, 6.45) is 4.86. The molecule has 35 heavy (non-hydrogen) atoms. The van der Waals surface area contributed by atoms with Crippen LogP contribution in [0.25, 0.3) is 0 Å². The molecular formula is C27H36N6O2. The molecule has 5 rings (SSSR count). The zero-order valence-electron chi connectivity index (χ0n) is 20.9. The Morgan fingerprint density at radius 1 is 0.914 bits per heavy atom. The Bertz CT molecular complexity index is 1070. The average Bonchev–Trinajstić information content (AvgIpc) is 2.88. The molecule has 0 unspecified atom stereocenters. The molecule has 0 atom stereocenters. The van der Waals surface area contributed by atoms with Crippen LogP contribution in [0.3, 0.4) is 0 Å². The fraction of sp³-hybridized carbons (Fsp3) is 0.556. The number of aryl methyl sites for hydroxylation is 1. The van der Waals surface area contributed by atoms with Crippen LogP contribution in [0.15, 0.2) is 30.3 Å². The van der Waals surface area contributed by atoms with Crippen molar-refractivity contribution in [3.63, 3.8) is 0 Å². The van der Waals surface area contributed by atoms with E-state index >= 15 is 0 Å². The average molecular weight is 477 g/mol. The van der Waals surface area contributed by atoms with E-state index < -0.39 is 0 Å². The maximum atomic E-state index is 13.3. The van der Waals surface area contributed by atoms with Gasteiger partial charge in [-0.15, -0.1) is 0 Å². The highest BCUT2D eigenvalue weighted by Crippen LogP contribution is 2.26. The third-order valence-electron chi connectivity index (χ3n) is 7.78. The number of carbonyl (C=O) groups excluding carboxylic acids is 2. The largest absolute Gasteiger partial charge is 0.367 e. The third-order valence-corrected chi connectivity index (χ3v) is 7.78. The van der Waals surface area contributed by atoms with Gasteiger partial charge >= 0.3 is 0 Å². The van der Waals surface area contributed by atoms with Crippen molar-refractivity contribution in [3.8, 4) is 0 Å². The Hall–Kier alpha value is -3.00. The van der Waals surface area contributed by atoms with Crippen molar-refractivity contribution in [2.45, 2.75) is 64.6 Å². The van der Waals surface area contributed by atoms with E-state index in [9.17, 15) is 9.59 Å². The van der Waals surface area contributed by atoms with E-state index in [0.29, 0.717) is 23.4 Å². The summed E-state index contributed by atoms with van der Waals surface area (Å²) in [5.41, 5.74) is 3.39. The van der Waals surface area contributed by atoms with Crippen LogP contribution in [-0.2, 0) is 17.8 Å². The van der Waals surface area contributed by atoms with Crippen molar-refractivity contribution in [2.75, 3.05) is 38.0 Å². The minimum Gasteiger partial charge on any atom is -0.367 e. The molecule has 0 saturated carbocycles. The van der Waals surface area contributed by atoms with Crippen LogP contribution in [0.1, 0.15) is 60.0 Å². The first-order valence-corrected chi connectivity index (χ1v) is 12.9. The summed E-state index contributed by atoms with van der Waals surface area (Å²) in [6, 6.07) is 11.3. The highest BCUT2D eigenvalue weighted by atomic mass is 16.2. The molecule has 1 aromatic heterocycles. The van der Waals surface area contributed by atoms with E-state index in [1.54, 1.807) is 13.0 Å². The second-order valence-electron chi connectivity index (χ2n) is 10.1. The number of fused-ring (bicyclic) bond motifs is 1. The second-order valence-corrected chi connectivity index (χ2v) is 10.1. The number of rotatable bonds is 4. The van der Waals surface area contributed by atoms with Crippen LogP contribution in [0.5, 0.6) is 0 Å². The van der Waals surface area contributed by atoms with Gasteiger partial charge in [0.05, 0.1) is 0 Å². The molecular weight excluding hydrogens is 440 g/mol. The first-order chi connectivity index (χ1) is 17.0. The van der Waals surface area contributed by atoms with Crippen molar-refractivity contribution in [3.05, 3.63) is 53.0 Å². The molecule has 3 aliphatic heterocycles. The summed E-state index contributed by atoms with van der Waals surface area (Å²) in [4.78, 5) is 40.3. The number of piperidine rings is 2. The molecule has 2 aromatic rings. The smallest absolute Gasteiger partial charge is 0.272 e. The van der Waals surface area contributed by atoms with Gasteiger partial charge in [-0.1, -0.05) is 24.3 Å². The fourth-order valence-electron chi connectivity index (χ4n) is 5.72. The molecule has 0 bridgehead atoms. The summed E-state index contributed by atoms with van der Waals surface area (Å²) < 4.78 is 0. The van der Waals surface area contributed by atoms with Gasteiger partial charge in [-0.25, -0.2) is 9.97 Å². The summed E-state index contributed by atoms with van der Waals surface area (Å²) >= 11 is 0. The van der Waals surface area contributed by atoms with Crippen LogP contribution in [0, 0.1) is 6.92 Å². The molecule has 0 spiro atoms. The van der Waals surface area contributed by atoms with Crippen LogP contribution >= 0.6 is 0 Å². The predicted molar refractivity (Wildman–Crippen MR) is 135 cm³/mol. The van der Waals surface area contributed by atoms with E-state index in [1.165, 1.54) is 11.1 Å². The lowest BCUT2D eigenvalue weighted by atomic mass is 9.95. The first kappa shape index (κ1) is 23.7. The van der Waals surface area contributed by atoms with Crippen molar-refractivity contribution in [2.24, 2.45) is 0 Å². The standard InChI is InChI=1S/C27H36N6O2/c1-19-28-25(17-26(29-19)30-23-8-13-31(14-9-23)20(2)34)27(35)32-15-10-24(11-16-32)33-12-7-21-5-3-4-6-22(21)18-33/h3-6,17,23-24H,7-16,18H2,1-2H3,(H,28,29,30). The molecule has 1 aromatic carbocycles. The van der Waals surface area contributed by atoms with Crippen LogP contribution in [0.2, 0.25) is 0 Å². The number of carbonyl (C=O) groups is 2. The van der Waals surface area contributed by atoms with E-state index in [0.717, 1.165) is 71.4 Å². The van der Waals surface area contributed by atoms with E-state index in [4.69, 9.17) is 0 Å². The van der Waals surface area contributed by atoms with Crippen molar-refractivity contribution in [1.82, 2.24) is 24.7 Å². The normalized spacial score (nSPS) is 19.9. The van der Waals surface area contributed by atoms with Gasteiger partial charge in [0.1, 0.15) is 17.3 Å². The summed E-state index contributed by atoms with van der Waals surface area (Å²) in [7, 11) is 0. The zero-order chi connectivity index (χ0) is 24.4. The topological polar surface area (TPSA) is 81.7 Å². The van der Waals surface area contributed by atoms with E-state index in [2.05, 4.69) is 44.5 Å². The van der Waals surface area contributed by atoms with Crippen molar-refractivity contribution < 1.29 is 9.59 Å². The quantitative estimate of drug-likeness (QED) is 0.731. The number of benzene rings is 1. The maximum absolute atomic E-state index is 13.3. The Kier molecular flexibility index (Phi) is 7.00. The molecule has 2 fully saturated rings. The Labute approximate surface area is 207 Å². The first-order valence-electron chi connectivity index (χ1n) is 12.9. The molecule has 186 valence electrons. The van der Waals surface area contributed by atoms with Gasteiger partial charge in [-0.2, -0.15) is 0 Å². The number of likely N-dealkylation sites (tertiary alicyclic amines) is 2. The lowest BCUT2D eigenvalue weighted by molar-refractivity contribution is -0.129. The van der Waals surface area contributed by atoms with E-state index in [1.807, 2.05) is 16.7 Å². The lowest BCUT2D eigenvalue weighted by Gasteiger charge is -2.40. The predicted octanol–water partition coefficient (Wildman–Crippen LogP) is 2.87. The molecule has 0 radical (unpaired) electrons. The summed E-state index contributed by atoms with van der Waals surface area (Å²) in [5.74, 6) is 1.42. The van der Waals surface area contributed by atoms with Crippen LogP contribution in [0.4, 0.5) is 5.82 Å². The van der Waals surface area contributed by atoms with Gasteiger partial charge in [0.15, 0.2) is 0 Å². The molecule has 1 N–H and O–H groups in total. The number of anilines is 1. The van der Waals surface area contributed by atoms with Gasteiger partial charge in [-0.05, 0) is 50.2 Å². The number of hydrogen-bond donors (Lipinski definition) is 1. The van der Waals surface area contributed by atoms with Gasteiger partial charge in [0, 0.05) is 64.3 Å². The van der Waals surface area contributed by atoms with Crippen LogP contribution in [-0.4, -0.2) is 81.3 Å². The Morgan fingerprint density at radius 2 is 1.60 bits per heavy atom. The highest BCUT2D eigenvalue weighted by molar-refractivity contribution is 5.93. The molecule has 0 aliphatic carbocycles. The Morgan fingerprint density at radius 3 is 2.31 bits per heavy atom. The van der Waals surface area contributed by atoms with E-state index in [-0.39, 0.29) is 17.9 Å². The highest BCUT2D eigenvalue weighted by Gasteiger charge is 2.30. The Balaban J connectivity index is 1.17. The minimum absolute atomic E-state index is 0.00705. The lowest BCUT2D eigenvalue weighted by Crippen LogP contribution is -2.48. The third kappa shape index (κ3) is 5.48. The van der Waals surface area contributed by atoms with Gasteiger partial charge in [0.25, 0.3) is 5.91 Å². The van der Waals surface area contributed by atoms with Crippen LogP contribution < -0.4 is 5.32 Å². The fourth-order valence-corrected chi connectivity index (χ4v) is 5.72. The number of aromatic nitrogens is 2. The minimum atomic E-state index is -0.00705. The second kappa shape index (κ2) is 10.3. The number of nitrogens with one attached hydrogen (secondary N) is 1. The summed E-state index contributed by atoms with van der Waals surface area (Å²) in [6.45, 7) is 8.59. The van der Waals surface area contributed by atoms with Gasteiger partial charge in [0.2, 0.25) is 5.91 Å². The summed E-state index contributed by atoms with van der Waals surface area (Å²) in [5, 5.41) is 3.47. The number of hydrogen-bond acceptors (Lipinski definition) is 6. The molecule has 2 saturated heterocycles. The van der Waals surface area contributed by atoms with Gasteiger partial charge in [-0.3, -0.25) is 14.5 Å². The molecule has 8 heteroatoms. The molecule has 4 heterocycles. The number of nitrogens with zero attached hydrogens (tertiary/aromatic N) is 5. The van der Waals surface area contributed by atoms with Crippen molar-refractivity contribution in [1.29, 1.82) is 0 Å². The van der Waals surface area contributed by atoms with Gasteiger partial charge < -0.3 is 15.1 Å². The monoisotopic (exact) mass is 476 g/mol. The SMILES string of the molecule is CC(=O)N1CCC(Nc2cc(C(=O)N3CCC(N4CCc5ccccc5C4)CC3)nc(C)n2)CC1. The zero-order valence-corrected chi connectivity index (χ0v) is 20.9. The number of amides is 2. The van der Waals surface area contributed by atoms with Crippen molar-refractivity contribution >= 4 is 17.6 Å².